The second kappa shape index (κ2) is 7.74. The van der Waals surface area contributed by atoms with Gasteiger partial charge in [0.05, 0.1) is 14.2 Å². The number of ether oxygens (including phenoxy) is 2. The van der Waals surface area contributed by atoms with Gasteiger partial charge in [-0.3, -0.25) is 4.90 Å². The fourth-order valence-corrected chi connectivity index (χ4v) is 5.15. The van der Waals surface area contributed by atoms with Crippen LogP contribution in [-0.2, 0) is 16.6 Å². The van der Waals surface area contributed by atoms with Gasteiger partial charge in [-0.05, 0) is 34.5 Å². The summed E-state index contributed by atoms with van der Waals surface area (Å²) >= 11 is 1.68. The Bertz CT molecular complexity index is 798. The lowest BCUT2D eigenvalue weighted by atomic mass is 10.3. The molecule has 0 spiro atoms. The molecule has 3 rings (SSSR count). The van der Waals surface area contributed by atoms with Gasteiger partial charge in [-0.15, -0.1) is 0 Å². The first kappa shape index (κ1) is 18.2. The Morgan fingerprint density at radius 3 is 2.44 bits per heavy atom. The minimum absolute atomic E-state index is 0.153. The maximum atomic E-state index is 13.0. The average Bonchev–Trinajstić information content (AvgIpc) is 3.14. The van der Waals surface area contributed by atoms with Gasteiger partial charge in [0.25, 0.3) is 0 Å². The van der Waals surface area contributed by atoms with Crippen LogP contribution in [0.1, 0.15) is 5.56 Å². The van der Waals surface area contributed by atoms with E-state index in [-0.39, 0.29) is 4.90 Å². The first-order valence-electron chi connectivity index (χ1n) is 8.00. The van der Waals surface area contributed by atoms with Gasteiger partial charge in [0, 0.05) is 38.8 Å². The fraction of sp³-hybridized carbons (Fsp3) is 0.412. The highest BCUT2D eigenvalue weighted by Crippen LogP contribution is 2.31. The summed E-state index contributed by atoms with van der Waals surface area (Å²) in [6, 6.07) is 6.94. The van der Waals surface area contributed by atoms with Crippen molar-refractivity contribution in [3.05, 3.63) is 40.6 Å². The normalized spacial score (nSPS) is 16.7. The third-order valence-electron chi connectivity index (χ3n) is 4.31. The number of methoxy groups -OCH3 is 2. The smallest absolute Gasteiger partial charge is 0.246 e. The van der Waals surface area contributed by atoms with Gasteiger partial charge in [-0.1, -0.05) is 0 Å². The van der Waals surface area contributed by atoms with Crippen LogP contribution >= 0.6 is 11.3 Å². The molecule has 1 aliphatic heterocycles. The van der Waals surface area contributed by atoms with Crippen LogP contribution in [0.5, 0.6) is 11.5 Å². The molecule has 0 unspecified atom stereocenters. The van der Waals surface area contributed by atoms with Gasteiger partial charge in [0.15, 0.2) is 0 Å². The zero-order valence-corrected chi connectivity index (χ0v) is 16.0. The molecule has 1 aliphatic rings. The quantitative estimate of drug-likeness (QED) is 0.767. The number of hydrogen-bond donors (Lipinski definition) is 0. The van der Waals surface area contributed by atoms with Crippen LogP contribution in [0.2, 0.25) is 0 Å². The molecule has 0 N–H and O–H groups in total. The van der Waals surface area contributed by atoms with E-state index in [1.165, 1.54) is 30.2 Å². The van der Waals surface area contributed by atoms with E-state index in [4.69, 9.17) is 9.47 Å². The zero-order chi connectivity index (χ0) is 17.9. The predicted octanol–water partition coefficient (Wildman–Crippen LogP) is 2.27. The highest BCUT2D eigenvalue weighted by Gasteiger charge is 2.31. The largest absolute Gasteiger partial charge is 0.497 e. The molecule has 1 aromatic carbocycles. The summed E-state index contributed by atoms with van der Waals surface area (Å²) < 4.78 is 38.0. The first-order valence-corrected chi connectivity index (χ1v) is 10.4. The van der Waals surface area contributed by atoms with Crippen molar-refractivity contribution in [2.75, 3.05) is 40.4 Å². The standard InChI is InChI=1S/C17H22N2O4S2/c1-22-15-3-4-16(23-2)17(11-15)25(20,21)19-8-6-18(7-9-19)12-14-5-10-24-13-14/h3-5,10-11,13H,6-9,12H2,1-2H3. The molecule has 8 heteroatoms. The van der Waals surface area contributed by atoms with E-state index >= 15 is 0 Å². The van der Waals surface area contributed by atoms with E-state index in [9.17, 15) is 8.42 Å². The Balaban J connectivity index is 1.73. The number of piperazine rings is 1. The van der Waals surface area contributed by atoms with Crippen LogP contribution in [0.15, 0.2) is 39.9 Å². The number of rotatable bonds is 6. The summed E-state index contributed by atoms with van der Waals surface area (Å²) in [6.45, 7) is 3.21. The van der Waals surface area contributed by atoms with Crippen LogP contribution in [0, 0.1) is 0 Å². The van der Waals surface area contributed by atoms with Crippen molar-refractivity contribution in [2.24, 2.45) is 0 Å². The van der Waals surface area contributed by atoms with E-state index < -0.39 is 10.0 Å². The van der Waals surface area contributed by atoms with Crippen molar-refractivity contribution in [1.82, 2.24) is 9.21 Å². The minimum Gasteiger partial charge on any atom is -0.497 e. The summed E-state index contributed by atoms with van der Waals surface area (Å²) in [5.74, 6) is 0.831. The van der Waals surface area contributed by atoms with Gasteiger partial charge in [-0.25, -0.2) is 8.42 Å². The second-order valence-electron chi connectivity index (χ2n) is 5.83. The topological polar surface area (TPSA) is 59.1 Å². The molecule has 2 aromatic rings. The SMILES string of the molecule is COc1ccc(OC)c(S(=O)(=O)N2CCN(Cc3ccsc3)CC2)c1. The summed E-state index contributed by atoms with van der Waals surface area (Å²) in [6.07, 6.45) is 0. The Hall–Kier alpha value is -1.61. The predicted molar refractivity (Wildman–Crippen MR) is 97.9 cm³/mol. The van der Waals surface area contributed by atoms with Crippen LogP contribution in [0.4, 0.5) is 0 Å². The molecule has 2 heterocycles. The van der Waals surface area contributed by atoms with Crippen molar-refractivity contribution in [2.45, 2.75) is 11.4 Å². The summed E-state index contributed by atoms with van der Waals surface area (Å²) in [7, 11) is -0.632. The monoisotopic (exact) mass is 382 g/mol. The molecular weight excluding hydrogens is 360 g/mol. The lowest BCUT2D eigenvalue weighted by Crippen LogP contribution is -2.48. The van der Waals surface area contributed by atoms with Gasteiger partial charge in [0.2, 0.25) is 10.0 Å². The third kappa shape index (κ3) is 3.98. The molecule has 136 valence electrons. The molecule has 0 aliphatic carbocycles. The highest BCUT2D eigenvalue weighted by molar-refractivity contribution is 7.89. The molecule has 6 nitrogen and oxygen atoms in total. The van der Waals surface area contributed by atoms with Gasteiger partial charge in [-0.2, -0.15) is 15.6 Å². The Morgan fingerprint density at radius 1 is 1.08 bits per heavy atom. The number of sulfonamides is 1. The molecule has 1 fully saturated rings. The van der Waals surface area contributed by atoms with E-state index in [0.717, 1.165) is 6.54 Å². The van der Waals surface area contributed by atoms with Crippen LogP contribution < -0.4 is 9.47 Å². The molecule has 0 atom stereocenters. The first-order chi connectivity index (χ1) is 12.0. The van der Waals surface area contributed by atoms with Crippen molar-refractivity contribution >= 4 is 21.4 Å². The van der Waals surface area contributed by atoms with Gasteiger partial charge < -0.3 is 9.47 Å². The summed E-state index contributed by atoms with van der Waals surface area (Å²) in [5.41, 5.74) is 1.27. The minimum atomic E-state index is -3.62. The molecule has 0 amide bonds. The lowest BCUT2D eigenvalue weighted by molar-refractivity contribution is 0.181. The maximum Gasteiger partial charge on any atom is 0.246 e. The van der Waals surface area contributed by atoms with E-state index in [2.05, 4.69) is 21.7 Å². The Labute approximate surface area is 152 Å². The number of benzene rings is 1. The van der Waals surface area contributed by atoms with Crippen molar-refractivity contribution in [1.29, 1.82) is 0 Å². The zero-order valence-electron chi connectivity index (χ0n) is 14.3. The van der Waals surface area contributed by atoms with Crippen molar-refractivity contribution < 1.29 is 17.9 Å². The maximum absolute atomic E-state index is 13.0. The Kier molecular flexibility index (Phi) is 5.63. The lowest BCUT2D eigenvalue weighted by Gasteiger charge is -2.34. The second-order valence-corrected chi connectivity index (χ2v) is 8.52. The molecule has 0 bridgehead atoms. The summed E-state index contributed by atoms with van der Waals surface area (Å²) in [5, 5.41) is 4.19. The molecule has 25 heavy (non-hydrogen) atoms. The molecule has 1 aromatic heterocycles. The van der Waals surface area contributed by atoms with Crippen LogP contribution in [0.3, 0.4) is 0 Å². The number of nitrogens with zero attached hydrogens (tertiary/aromatic N) is 2. The van der Waals surface area contributed by atoms with Crippen molar-refractivity contribution in [3.63, 3.8) is 0 Å². The Morgan fingerprint density at radius 2 is 1.84 bits per heavy atom. The molecule has 0 saturated carbocycles. The van der Waals surface area contributed by atoms with E-state index in [1.54, 1.807) is 23.5 Å². The average molecular weight is 383 g/mol. The molecule has 0 radical (unpaired) electrons. The van der Waals surface area contributed by atoms with E-state index in [0.29, 0.717) is 37.7 Å². The number of thiophene rings is 1. The molecule has 1 saturated heterocycles. The van der Waals surface area contributed by atoms with Crippen molar-refractivity contribution in [3.8, 4) is 11.5 Å². The fourth-order valence-electron chi connectivity index (χ4n) is 2.89. The van der Waals surface area contributed by atoms with Crippen LogP contribution in [-0.4, -0.2) is 58.0 Å². The molecular formula is C17H22N2O4S2. The summed E-state index contributed by atoms with van der Waals surface area (Å²) in [4.78, 5) is 2.43. The highest BCUT2D eigenvalue weighted by atomic mass is 32.2. The van der Waals surface area contributed by atoms with Gasteiger partial charge in [0.1, 0.15) is 16.4 Å². The number of hydrogen-bond acceptors (Lipinski definition) is 6. The van der Waals surface area contributed by atoms with Crippen LogP contribution in [0.25, 0.3) is 0 Å². The third-order valence-corrected chi connectivity index (χ3v) is 6.96. The van der Waals surface area contributed by atoms with E-state index in [1.807, 2.05) is 0 Å². The van der Waals surface area contributed by atoms with Gasteiger partial charge >= 0.3 is 0 Å².